The summed E-state index contributed by atoms with van der Waals surface area (Å²) in [6, 6.07) is 8.45. The van der Waals surface area contributed by atoms with Crippen LogP contribution in [0.5, 0.6) is 0 Å². The second kappa shape index (κ2) is 8.57. The standard InChI is InChI=1S/C23H29N3O2S/c1-15-7-8-19(20(13-15)29-21-24-16(2)14-17(3)25-21)18-9-11-26(12-10-18)22(27)28-23(4,5)6/h7-9,13-14H,10-12H2,1-6H3. The molecule has 0 unspecified atom stereocenters. The molecule has 0 saturated heterocycles. The first-order chi connectivity index (χ1) is 13.6. The monoisotopic (exact) mass is 411 g/mol. The lowest BCUT2D eigenvalue weighted by Gasteiger charge is -2.30. The number of aromatic nitrogens is 2. The van der Waals surface area contributed by atoms with Crippen LogP contribution in [0, 0.1) is 20.8 Å². The van der Waals surface area contributed by atoms with Gasteiger partial charge < -0.3 is 9.64 Å². The highest BCUT2D eigenvalue weighted by Crippen LogP contribution is 2.35. The van der Waals surface area contributed by atoms with Crippen molar-refractivity contribution in [3.63, 3.8) is 0 Å². The normalized spacial score (nSPS) is 14.6. The second-order valence-corrected chi connectivity index (χ2v) is 9.45. The van der Waals surface area contributed by atoms with Gasteiger partial charge in [-0.2, -0.15) is 0 Å². The molecular formula is C23H29N3O2S. The van der Waals surface area contributed by atoms with Crippen LogP contribution in [0.25, 0.3) is 5.57 Å². The van der Waals surface area contributed by atoms with Crippen molar-refractivity contribution in [2.24, 2.45) is 0 Å². The first-order valence-electron chi connectivity index (χ1n) is 9.89. The summed E-state index contributed by atoms with van der Waals surface area (Å²) in [5, 5.41) is 0.765. The summed E-state index contributed by atoms with van der Waals surface area (Å²) in [6.45, 7) is 13.0. The van der Waals surface area contributed by atoms with E-state index in [1.165, 1.54) is 16.7 Å². The Morgan fingerprint density at radius 3 is 2.38 bits per heavy atom. The van der Waals surface area contributed by atoms with E-state index in [1.807, 2.05) is 40.7 Å². The molecule has 1 aromatic carbocycles. The molecule has 29 heavy (non-hydrogen) atoms. The topological polar surface area (TPSA) is 55.3 Å². The van der Waals surface area contributed by atoms with Gasteiger partial charge in [0.1, 0.15) is 5.60 Å². The van der Waals surface area contributed by atoms with Crippen molar-refractivity contribution >= 4 is 23.4 Å². The molecule has 1 amide bonds. The third-order valence-corrected chi connectivity index (χ3v) is 5.43. The van der Waals surface area contributed by atoms with E-state index >= 15 is 0 Å². The Labute approximate surface area is 177 Å². The third-order valence-electron chi connectivity index (χ3n) is 4.51. The van der Waals surface area contributed by atoms with Gasteiger partial charge in [-0.3, -0.25) is 0 Å². The summed E-state index contributed by atoms with van der Waals surface area (Å²) < 4.78 is 5.50. The maximum atomic E-state index is 12.3. The first kappa shape index (κ1) is 21.4. The molecule has 1 aliphatic rings. The van der Waals surface area contributed by atoms with Gasteiger partial charge in [0.2, 0.25) is 0 Å². The highest BCUT2D eigenvalue weighted by Gasteiger charge is 2.24. The van der Waals surface area contributed by atoms with Crippen molar-refractivity contribution in [1.29, 1.82) is 0 Å². The van der Waals surface area contributed by atoms with Gasteiger partial charge >= 0.3 is 6.09 Å². The Kier molecular flexibility index (Phi) is 6.32. The zero-order chi connectivity index (χ0) is 21.2. The first-order valence-corrected chi connectivity index (χ1v) is 10.7. The highest BCUT2D eigenvalue weighted by molar-refractivity contribution is 7.99. The second-order valence-electron chi connectivity index (χ2n) is 8.44. The van der Waals surface area contributed by atoms with Crippen molar-refractivity contribution in [3.05, 3.63) is 52.9 Å². The van der Waals surface area contributed by atoms with Gasteiger partial charge in [-0.1, -0.05) is 18.2 Å². The van der Waals surface area contributed by atoms with E-state index in [0.29, 0.717) is 13.1 Å². The minimum Gasteiger partial charge on any atom is -0.444 e. The number of aryl methyl sites for hydroxylation is 3. The molecule has 154 valence electrons. The Morgan fingerprint density at radius 1 is 1.10 bits per heavy atom. The van der Waals surface area contributed by atoms with E-state index in [0.717, 1.165) is 27.9 Å². The summed E-state index contributed by atoms with van der Waals surface area (Å²) in [5.74, 6) is 0. The van der Waals surface area contributed by atoms with Crippen LogP contribution in [-0.2, 0) is 4.74 Å². The molecular weight excluding hydrogens is 382 g/mol. The van der Waals surface area contributed by atoms with Gasteiger partial charge in [-0.25, -0.2) is 14.8 Å². The van der Waals surface area contributed by atoms with Crippen molar-refractivity contribution < 1.29 is 9.53 Å². The summed E-state index contributed by atoms with van der Waals surface area (Å²) >= 11 is 1.60. The average Bonchev–Trinajstić information content (AvgIpc) is 2.60. The van der Waals surface area contributed by atoms with Crippen LogP contribution in [0.4, 0.5) is 4.79 Å². The quantitative estimate of drug-likeness (QED) is 0.617. The van der Waals surface area contributed by atoms with Gasteiger partial charge in [0.05, 0.1) is 0 Å². The van der Waals surface area contributed by atoms with Crippen LogP contribution in [-0.4, -0.2) is 39.7 Å². The number of hydrogen-bond donors (Lipinski definition) is 0. The molecule has 0 spiro atoms. The number of carbonyl (C=O) groups excluding carboxylic acids is 1. The number of amides is 1. The number of ether oxygens (including phenoxy) is 1. The lowest BCUT2D eigenvalue weighted by Crippen LogP contribution is -2.39. The lowest BCUT2D eigenvalue weighted by atomic mass is 9.98. The van der Waals surface area contributed by atoms with Crippen LogP contribution in [0.1, 0.15) is 49.7 Å². The summed E-state index contributed by atoms with van der Waals surface area (Å²) in [5.41, 5.74) is 5.10. The Bertz CT molecular complexity index is 927. The van der Waals surface area contributed by atoms with Crippen molar-refractivity contribution in [2.75, 3.05) is 13.1 Å². The minimum atomic E-state index is -0.478. The molecule has 0 radical (unpaired) electrons. The number of carbonyl (C=O) groups is 1. The molecule has 1 aliphatic heterocycles. The fourth-order valence-electron chi connectivity index (χ4n) is 3.22. The van der Waals surface area contributed by atoms with E-state index in [1.54, 1.807) is 16.7 Å². The zero-order valence-corrected chi connectivity index (χ0v) is 18.9. The predicted octanol–water partition coefficient (Wildman–Crippen LogP) is 5.58. The molecule has 0 saturated carbocycles. The summed E-state index contributed by atoms with van der Waals surface area (Å²) in [6.07, 6.45) is 2.67. The molecule has 2 heterocycles. The Morgan fingerprint density at radius 2 is 1.79 bits per heavy atom. The van der Waals surface area contributed by atoms with Gasteiger partial charge in [-0.05, 0) is 88.6 Å². The average molecular weight is 412 g/mol. The van der Waals surface area contributed by atoms with Gasteiger partial charge in [-0.15, -0.1) is 0 Å². The number of nitrogens with zero attached hydrogens (tertiary/aromatic N) is 3. The van der Waals surface area contributed by atoms with Gasteiger partial charge in [0.15, 0.2) is 5.16 Å². The van der Waals surface area contributed by atoms with Crippen LogP contribution in [0.15, 0.2) is 40.4 Å². The molecule has 0 atom stereocenters. The molecule has 0 bridgehead atoms. The molecule has 6 heteroatoms. The van der Waals surface area contributed by atoms with Crippen molar-refractivity contribution in [2.45, 2.75) is 63.6 Å². The van der Waals surface area contributed by atoms with Crippen LogP contribution in [0.3, 0.4) is 0 Å². The van der Waals surface area contributed by atoms with Crippen molar-refractivity contribution in [3.8, 4) is 0 Å². The number of hydrogen-bond acceptors (Lipinski definition) is 5. The lowest BCUT2D eigenvalue weighted by molar-refractivity contribution is 0.0270. The van der Waals surface area contributed by atoms with Gasteiger partial charge in [0.25, 0.3) is 0 Å². The van der Waals surface area contributed by atoms with E-state index in [9.17, 15) is 4.79 Å². The number of benzene rings is 1. The molecule has 0 fully saturated rings. The third kappa shape index (κ3) is 5.82. The smallest absolute Gasteiger partial charge is 0.410 e. The Balaban J connectivity index is 1.82. The molecule has 1 aromatic heterocycles. The maximum absolute atomic E-state index is 12.3. The van der Waals surface area contributed by atoms with E-state index in [2.05, 4.69) is 41.2 Å². The van der Waals surface area contributed by atoms with Gasteiger partial charge in [0, 0.05) is 29.4 Å². The minimum absolute atomic E-state index is 0.255. The fraction of sp³-hybridized carbons (Fsp3) is 0.435. The fourth-order valence-corrected chi connectivity index (χ4v) is 4.35. The maximum Gasteiger partial charge on any atom is 0.410 e. The van der Waals surface area contributed by atoms with Crippen LogP contribution >= 0.6 is 11.8 Å². The molecule has 0 aliphatic carbocycles. The van der Waals surface area contributed by atoms with E-state index < -0.39 is 5.60 Å². The van der Waals surface area contributed by atoms with Crippen LogP contribution in [0.2, 0.25) is 0 Å². The molecule has 5 nitrogen and oxygen atoms in total. The summed E-state index contributed by atoms with van der Waals surface area (Å²) in [7, 11) is 0. The SMILES string of the molecule is Cc1ccc(C2=CCN(C(=O)OC(C)(C)C)CC2)c(Sc2nc(C)cc(C)n2)c1. The molecule has 2 aromatic rings. The highest BCUT2D eigenvalue weighted by atomic mass is 32.2. The number of rotatable bonds is 3. The predicted molar refractivity (Wildman–Crippen MR) is 117 cm³/mol. The van der Waals surface area contributed by atoms with Crippen molar-refractivity contribution in [1.82, 2.24) is 14.9 Å². The van der Waals surface area contributed by atoms with E-state index in [4.69, 9.17) is 4.74 Å². The summed E-state index contributed by atoms with van der Waals surface area (Å²) in [4.78, 5) is 24.4. The largest absolute Gasteiger partial charge is 0.444 e. The van der Waals surface area contributed by atoms with E-state index in [-0.39, 0.29) is 6.09 Å². The Hall–Kier alpha value is -2.34. The zero-order valence-electron chi connectivity index (χ0n) is 18.1. The van der Waals surface area contributed by atoms with Crippen LogP contribution < -0.4 is 0 Å². The molecule has 0 N–H and O–H groups in total. The molecule has 3 rings (SSSR count).